The molecule has 0 saturated heterocycles. The number of aryl methyl sites for hydroxylation is 1. The quantitative estimate of drug-likeness (QED) is 0.193. The van der Waals surface area contributed by atoms with Gasteiger partial charge in [0.2, 0.25) is 5.88 Å². The van der Waals surface area contributed by atoms with Gasteiger partial charge in [-0.3, -0.25) is 4.90 Å². The van der Waals surface area contributed by atoms with Gasteiger partial charge >= 0.3 is 5.97 Å². The highest BCUT2D eigenvalue weighted by Crippen LogP contribution is 2.32. The summed E-state index contributed by atoms with van der Waals surface area (Å²) in [5, 5.41) is 26.4. The number of hydrogen-bond donors (Lipinski definition) is 3. The Kier molecular flexibility index (Phi) is 9.71. The highest BCUT2D eigenvalue weighted by atomic mass is 16.5. The number of aromatic nitrogens is 3. The van der Waals surface area contributed by atoms with E-state index in [4.69, 9.17) is 19.6 Å². The Balaban J connectivity index is 1.36. The molecule has 0 atom stereocenters. The second kappa shape index (κ2) is 13.8. The zero-order chi connectivity index (χ0) is 30.3. The second-order valence-electron chi connectivity index (χ2n) is 10.6. The summed E-state index contributed by atoms with van der Waals surface area (Å²) in [5.41, 5.74) is 9.15. The summed E-state index contributed by atoms with van der Waals surface area (Å²) in [4.78, 5) is 19.0. The Morgan fingerprint density at radius 1 is 1.09 bits per heavy atom. The van der Waals surface area contributed by atoms with Gasteiger partial charge in [0, 0.05) is 37.4 Å². The molecule has 0 aliphatic carbocycles. The third kappa shape index (κ3) is 6.72. The van der Waals surface area contributed by atoms with Crippen LogP contribution in [0.5, 0.6) is 5.88 Å². The van der Waals surface area contributed by atoms with E-state index in [1.54, 1.807) is 13.0 Å². The van der Waals surface area contributed by atoms with Crippen molar-refractivity contribution in [2.24, 2.45) is 0 Å². The molecule has 0 spiro atoms. The molecule has 2 aromatic carbocycles. The number of carboxylic acid groups (broad SMARTS) is 1. The lowest BCUT2D eigenvalue weighted by Gasteiger charge is -2.30. The zero-order valence-corrected chi connectivity index (χ0v) is 25.0. The average Bonchev–Trinajstić information content (AvgIpc) is 3.44. The molecule has 3 heterocycles. The molecule has 2 aromatic heterocycles. The molecular formula is C33H39N5O5. The van der Waals surface area contributed by atoms with Crippen molar-refractivity contribution in [1.82, 2.24) is 19.7 Å². The van der Waals surface area contributed by atoms with Crippen LogP contribution in [0.4, 0.5) is 5.69 Å². The summed E-state index contributed by atoms with van der Waals surface area (Å²) >= 11 is 0. The number of anilines is 1. The van der Waals surface area contributed by atoms with Gasteiger partial charge < -0.3 is 25.0 Å². The topological polar surface area (TPSA) is 122 Å². The highest BCUT2D eigenvalue weighted by Gasteiger charge is 2.21. The van der Waals surface area contributed by atoms with Gasteiger partial charge in [-0.2, -0.15) is 9.78 Å². The van der Waals surface area contributed by atoms with E-state index in [2.05, 4.69) is 47.4 Å². The number of pyridine rings is 1. The standard InChI is InChI=1S/C33H39N5O5/c1-4-43-32-28(33(40)41)20-35-38(32)30-10-6-9-29(36-30)27-8-5-7-22(2)31(27)34-19-24-11-12-25-21-37(15-17-42-18-16-39)14-13-26(25)23(24)3/h5-12,20,34,39H,4,13-19,21H2,1-3H3,(H,40,41). The van der Waals surface area contributed by atoms with Crippen molar-refractivity contribution in [3.05, 3.63) is 88.1 Å². The number of nitrogens with zero attached hydrogens (tertiary/aromatic N) is 4. The van der Waals surface area contributed by atoms with Crippen molar-refractivity contribution in [2.75, 3.05) is 44.8 Å². The lowest BCUT2D eigenvalue weighted by molar-refractivity contribution is 0.0692. The van der Waals surface area contributed by atoms with Crippen LogP contribution >= 0.6 is 0 Å². The summed E-state index contributed by atoms with van der Waals surface area (Å²) in [6.45, 7) is 10.9. The minimum atomic E-state index is -1.10. The summed E-state index contributed by atoms with van der Waals surface area (Å²) in [7, 11) is 0. The first kappa shape index (κ1) is 30.2. The Hall–Kier alpha value is -4.25. The molecule has 0 radical (unpaired) electrons. The minimum Gasteiger partial charge on any atom is -0.477 e. The number of ether oxygens (including phenoxy) is 2. The molecule has 10 heteroatoms. The van der Waals surface area contributed by atoms with Gasteiger partial charge in [-0.25, -0.2) is 9.78 Å². The zero-order valence-electron chi connectivity index (χ0n) is 25.0. The Morgan fingerprint density at radius 3 is 2.72 bits per heavy atom. The van der Waals surface area contributed by atoms with Crippen LogP contribution in [0.25, 0.3) is 17.1 Å². The summed E-state index contributed by atoms with van der Waals surface area (Å²) in [6.07, 6.45) is 2.29. The molecule has 0 amide bonds. The minimum absolute atomic E-state index is 0.00726. The van der Waals surface area contributed by atoms with Crippen LogP contribution < -0.4 is 10.1 Å². The third-order valence-electron chi connectivity index (χ3n) is 7.86. The number of nitrogens with one attached hydrogen (secondary N) is 1. The van der Waals surface area contributed by atoms with Crippen LogP contribution in [0.2, 0.25) is 0 Å². The number of aliphatic hydroxyl groups is 1. The Labute approximate surface area is 251 Å². The summed E-state index contributed by atoms with van der Waals surface area (Å²) < 4.78 is 12.5. The molecule has 0 fully saturated rings. The maximum Gasteiger partial charge on any atom is 0.342 e. The van der Waals surface area contributed by atoms with E-state index < -0.39 is 5.97 Å². The summed E-state index contributed by atoms with van der Waals surface area (Å²) in [5.74, 6) is -0.474. The van der Waals surface area contributed by atoms with Crippen LogP contribution in [-0.2, 0) is 24.2 Å². The Bertz CT molecular complexity index is 1580. The van der Waals surface area contributed by atoms with Crippen molar-refractivity contribution in [1.29, 1.82) is 0 Å². The van der Waals surface area contributed by atoms with Crippen LogP contribution in [0, 0.1) is 13.8 Å². The number of benzene rings is 2. The maximum atomic E-state index is 11.7. The fourth-order valence-corrected chi connectivity index (χ4v) is 5.60. The molecular weight excluding hydrogens is 546 g/mol. The highest BCUT2D eigenvalue weighted by molar-refractivity contribution is 5.90. The van der Waals surface area contributed by atoms with Crippen LogP contribution in [0.3, 0.4) is 0 Å². The fourth-order valence-electron chi connectivity index (χ4n) is 5.60. The molecule has 43 heavy (non-hydrogen) atoms. The lowest BCUT2D eigenvalue weighted by Crippen LogP contribution is -2.34. The first-order valence-electron chi connectivity index (χ1n) is 14.7. The summed E-state index contributed by atoms with van der Waals surface area (Å²) in [6, 6.07) is 16.2. The van der Waals surface area contributed by atoms with Gasteiger partial charge in [-0.1, -0.05) is 36.4 Å². The van der Waals surface area contributed by atoms with E-state index >= 15 is 0 Å². The van der Waals surface area contributed by atoms with Crippen LogP contribution in [0.15, 0.2) is 54.7 Å². The number of hydrogen-bond acceptors (Lipinski definition) is 8. The molecule has 4 aromatic rings. The second-order valence-corrected chi connectivity index (χ2v) is 10.6. The molecule has 0 unspecified atom stereocenters. The SMILES string of the molecule is CCOc1c(C(=O)O)cnn1-c1cccc(-c2cccc(C)c2NCc2ccc3c(c2C)CCN(CCOCCO)C3)n1. The molecule has 3 N–H and O–H groups in total. The number of aromatic carboxylic acids is 1. The third-order valence-corrected chi connectivity index (χ3v) is 7.86. The van der Waals surface area contributed by atoms with E-state index in [0.717, 1.165) is 48.6 Å². The van der Waals surface area contributed by atoms with E-state index in [1.807, 2.05) is 24.3 Å². The van der Waals surface area contributed by atoms with Gasteiger partial charge in [0.05, 0.1) is 38.3 Å². The van der Waals surface area contributed by atoms with E-state index in [9.17, 15) is 9.90 Å². The molecule has 1 aliphatic rings. The number of carboxylic acids is 1. The first-order valence-corrected chi connectivity index (χ1v) is 14.7. The number of para-hydroxylation sites is 1. The first-order chi connectivity index (χ1) is 20.9. The van der Waals surface area contributed by atoms with Gasteiger partial charge in [0.25, 0.3) is 0 Å². The van der Waals surface area contributed by atoms with Crippen LogP contribution in [-0.4, -0.2) is 75.4 Å². The van der Waals surface area contributed by atoms with E-state index in [-0.39, 0.29) is 18.1 Å². The smallest absolute Gasteiger partial charge is 0.342 e. The van der Waals surface area contributed by atoms with Crippen molar-refractivity contribution in [3.8, 4) is 23.0 Å². The van der Waals surface area contributed by atoms with Gasteiger partial charge in [0.1, 0.15) is 5.56 Å². The molecule has 0 saturated carbocycles. The maximum absolute atomic E-state index is 11.7. The van der Waals surface area contributed by atoms with Crippen LogP contribution in [0.1, 0.15) is 45.1 Å². The lowest BCUT2D eigenvalue weighted by atomic mass is 9.91. The van der Waals surface area contributed by atoms with Crippen molar-refractivity contribution < 1.29 is 24.5 Å². The van der Waals surface area contributed by atoms with Crippen molar-refractivity contribution in [2.45, 2.75) is 40.3 Å². The molecule has 0 bridgehead atoms. The molecule has 1 aliphatic heterocycles. The van der Waals surface area contributed by atoms with Crippen molar-refractivity contribution in [3.63, 3.8) is 0 Å². The number of carbonyl (C=O) groups is 1. The largest absolute Gasteiger partial charge is 0.477 e. The number of rotatable bonds is 13. The predicted octanol–water partition coefficient (Wildman–Crippen LogP) is 4.63. The number of aliphatic hydroxyl groups excluding tert-OH is 1. The van der Waals surface area contributed by atoms with Crippen molar-refractivity contribution >= 4 is 11.7 Å². The monoisotopic (exact) mass is 585 g/mol. The van der Waals surface area contributed by atoms with Gasteiger partial charge in [0.15, 0.2) is 5.82 Å². The fraction of sp³-hybridized carbons (Fsp3) is 0.364. The van der Waals surface area contributed by atoms with Gasteiger partial charge in [-0.15, -0.1) is 0 Å². The molecule has 10 nitrogen and oxygen atoms in total. The predicted molar refractivity (Wildman–Crippen MR) is 165 cm³/mol. The van der Waals surface area contributed by atoms with E-state index in [1.165, 1.54) is 33.1 Å². The number of fused-ring (bicyclic) bond motifs is 1. The molecule has 5 rings (SSSR count). The average molecular weight is 586 g/mol. The Morgan fingerprint density at radius 2 is 1.93 bits per heavy atom. The van der Waals surface area contributed by atoms with Gasteiger partial charge in [-0.05, 0) is 67.1 Å². The normalized spacial score (nSPS) is 13.1. The van der Waals surface area contributed by atoms with E-state index in [0.29, 0.717) is 32.2 Å². The molecule has 226 valence electrons.